The van der Waals surface area contributed by atoms with Crippen LogP contribution in [-0.4, -0.2) is 16.1 Å². The Kier molecular flexibility index (Phi) is 4.48. The molecule has 0 fully saturated rings. The van der Waals surface area contributed by atoms with E-state index in [0.717, 1.165) is 18.7 Å². The van der Waals surface area contributed by atoms with Crippen LogP contribution in [0.5, 0.6) is 0 Å². The van der Waals surface area contributed by atoms with Crippen molar-refractivity contribution in [2.75, 3.05) is 6.54 Å². The lowest BCUT2D eigenvalue weighted by molar-refractivity contribution is 0.416. The smallest absolute Gasteiger partial charge is 0.0772 e. The minimum atomic E-state index is 0.412. The molecule has 1 N–H and O–H groups in total. The van der Waals surface area contributed by atoms with Gasteiger partial charge in [-0.2, -0.15) is 0 Å². The summed E-state index contributed by atoms with van der Waals surface area (Å²) in [5.41, 5.74) is 1.07. The van der Waals surface area contributed by atoms with Gasteiger partial charge in [0, 0.05) is 6.04 Å². The SMILES string of the molecule is CCCNC(c1snnc1C)C(C)C. The number of aryl methyl sites for hydroxylation is 1. The summed E-state index contributed by atoms with van der Waals surface area (Å²) in [4.78, 5) is 1.29. The van der Waals surface area contributed by atoms with E-state index in [4.69, 9.17) is 0 Å². The van der Waals surface area contributed by atoms with Crippen LogP contribution in [0.1, 0.15) is 43.8 Å². The van der Waals surface area contributed by atoms with Gasteiger partial charge in [-0.3, -0.25) is 0 Å². The summed E-state index contributed by atoms with van der Waals surface area (Å²) >= 11 is 1.51. The highest BCUT2D eigenvalue weighted by Crippen LogP contribution is 2.26. The standard InChI is InChI=1S/C10H19N3S/c1-5-6-11-9(7(2)3)10-8(4)12-13-14-10/h7,9,11H,5-6H2,1-4H3. The predicted molar refractivity (Wildman–Crippen MR) is 60.5 cm³/mol. The summed E-state index contributed by atoms with van der Waals surface area (Å²) in [5, 5.41) is 7.60. The number of hydrogen-bond donors (Lipinski definition) is 1. The Morgan fingerprint density at radius 3 is 2.57 bits per heavy atom. The van der Waals surface area contributed by atoms with Crippen LogP contribution in [0.4, 0.5) is 0 Å². The van der Waals surface area contributed by atoms with Gasteiger partial charge in [0.2, 0.25) is 0 Å². The first-order chi connectivity index (χ1) is 6.66. The average Bonchev–Trinajstić information content (AvgIpc) is 2.52. The Balaban J connectivity index is 2.73. The van der Waals surface area contributed by atoms with Crippen LogP contribution in [0.2, 0.25) is 0 Å². The molecule has 80 valence electrons. The van der Waals surface area contributed by atoms with Gasteiger partial charge >= 0.3 is 0 Å². The molecular weight excluding hydrogens is 194 g/mol. The fourth-order valence-corrected chi connectivity index (χ4v) is 2.35. The van der Waals surface area contributed by atoms with Crippen molar-refractivity contribution >= 4 is 11.5 Å². The molecule has 0 saturated carbocycles. The highest BCUT2D eigenvalue weighted by Gasteiger charge is 2.19. The first-order valence-corrected chi connectivity index (χ1v) is 5.96. The number of nitrogens with one attached hydrogen (secondary N) is 1. The lowest BCUT2D eigenvalue weighted by Gasteiger charge is -2.20. The molecule has 1 rings (SSSR count). The van der Waals surface area contributed by atoms with Gasteiger partial charge < -0.3 is 5.32 Å². The van der Waals surface area contributed by atoms with Crippen LogP contribution in [0.15, 0.2) is 0 Å². The van der Waals surface area contributed by atoms with Gasteiger partial charge in [-0.15, -0.1) is 5.10 Å². The molecule has 0 aliphatic heterocycles. The molecule has 0 bridgehead atoms. The van der Waals surface area contributed by atoms with E-state index in [-0.39, 0.29) is 0 Å². The largest absolute Gasteiger partial charge is 0.309 e. The Labute approximate surface area is 90.1 Å². The Morgan fingerprint density at radius 1 is 1.43 bits per heavy atom. The second-order valence-electron chi connectivity index (χ2n) is 3.90. The van der Waals surface area contributed by atoms with Gasteiger partial charge in [-0.25, -0.2) is 0 Å². The topological polar surface area (TPSA) is 37.8 Å². The maximum atomic E-state index is 4.06. The van der Waals surface area contributed by atoms with Crippen molar-refractivity contribution in [1.29, 1.82) is 0 Å². The molecule has 0 radical (unpaired) electrons. The van der Waals surface area contributed by atoms with Crippen LogP contribution in [0.3, 0.4) is 0 Å². The summed E-state index contributed by atoms with van der Waals surface area (Å²) < 4.78 is 3.98. The van der Waals surface area contributed by atoms with Crippen LogP contribution in [0, 0.1) is 12.8 Å². The van der Waals surface area contributed by atoms with Crippen LogP contribution in [0.25, 0.3) is 0 Å². The van der Waals surface area contributed by atoms with Crippen molar-refractivity contribution in [3.05, 3.63) is 10.6 Å². The summed E-state index contributed by atoms with van der Waals surface area (Å²) in [6.45, 7) is 9.73. The highest BCUT2D eigenvalue weighted by molar-refractivity contribution is 7.05. The quantitative estimate of drug-likeness (QED) is 0.817. The fraction of sp³-hybridized carbons (Fsp3) is 0.800. The molecule has 1 aromatic heterocycles. The molecule has 1 heterocycles. The lowest BCUT2D eigenvalue weighted by Crippen LogP contribution is -2.26. The van der Waals surface area contributed by atoms with E-state index in [1.165, 1.54) is 16.4 Å². The van der Waals surface area contributed by atoms with E-state index in [2.05, 4.69) is 35.7 Å². The lowest BCUT2D eigenvalue weighted by atomic mass is 10.0. The minimum absolute atomic E-state index is 0.412. The minimum Gasteiger partial charge on any atom is -0.309 e. The average molecular weight is 213 g/mol. The third-order valence-electron chi connectivity index (χ3n) is 2.25. The predicted octanol–water partition coefficient (Wildman–Crippen LogP) is 2.54. The van der Waals surface area contributed by atoms with E-state index in [1.807, 2.05) is 6.92 Å². The van der Waals surface area contributed by atoms with Crippen molar-refractivity contribution in [3.63, 3.8) is 0 Å². The summed E-state index contributed by atoms with van der Waals surface area (Å²) in [6.07, 6.45) is 1.16. The first kappa shape index (κ1) is 11.6. The highest BCUT2D eigenvalue weighted by atomic mass is 32.1. The molecule has 0 aliphatic rings. The molecule has 0 aromatic carbocycles. The Morgan fingerprint density at radius 2 is 2.14 bits per heavy atom. The molecule has 4 heteroatoms. The van der Waals surface area contributed by atoms with E-state index in [0.29, 0.717) is 12.0 Å². The first-order valence-electron chi connectivity index (χ1n) is 5.19. The number of hydrogen-bond acceptors (Lipinski definition) is 4. The molecule has 0 saturated heterocycles. The molecule has 1 aromatic rings. The normalized spacial score (nSPS) is 13.5. The molecule has 0 amide bonds. The number of nitrogens with zero attached hydrogens (tertiary/aromatic N) is 2. The Bertz CT molecular complexity index is 270. The maximum Gasteiger partial charge on any atom is 0.0772 e. The molecular formula is C10H19N3S. The van der Waals surface area contributed by atoms with Gasteiger partial charge in [0.25, 0.3) is 0 Å². The zero-order chi connectivity index (χ0) is 10.6. The number of aromatic nitrogens is 2. The van der Waals surface area contributed by atoms with E-state index in [1.54, 1.807) is 0 Å². The van der Waals surface area contributed by atoms with E-state index in [9.17, 15) is 0 Å². The maximum absolute atomic E-state index is 4.06. The molecule has 1 unspecified atom stereocenters. The van der Waals surface area contributed by atoms with Crippen LogP contribution < -0.4 is 5.32 Å². The van der Waals surface area contributed by atoms with Crippen molar-refractivity contribution in [2.45, 2.75) is 40.2 Å². The monoisotopic (exact) mass is 213 g/mol. The van der Waals surface area contributed by atoms with Gasteiger partial charge in [0.15, 0.2) is 0 Å². The summed E-state index contributed by atoms with van der Waals surface area (Å²) in [6, 6.07) is 0.412. The van der Waals surface area contributed by atoms with Gasteiger partial charge in [-0.05, 0) is 37.3 Å². The molecule has 1 atom stereocenters. The van der Waals surface area contributed by atoms with Gasteiger partial charge in [-0.1, -0.05) is 25.3 Å². The zero-order valence-electron chi connectivity index (χ0n) is 9.37. The third kappa shape index (κ3) is 2.75. The Hall–Kier alpha value is -0.480. The molecule has 3 nitrogen and oxygen atoms in total. The van der Waals surface area contributed by atoms with Crippen molar-refractivity contribution in [3.8, 4) is 0 Å². The van der Waals surface area contributed by atoms with Crippen LogP contribution in [-0.2, 0) is 0 Å². The van der Waals surface area contributed by atoms with E-state index < -0.39 is 0 Å². The molecule has 0 aliphatic carbocycles. The number of rotatable bonds is 5. The van der Waals surface area contributed by atoms with Gasteiger partial charge in [0.05, 0.1) is 10.6 Å². The summed E-state index contributed by atoms with van der Waals surface area (Å²) in [7, 11) is 0. The summed E-state index contributed by atoms with van der Waals surface area (Å²) in [5.74, 6) is 0.586. The van der Waals surface area contributed by atoms with Crippen molar-refractivity contribution in [1.82, 2.24) is 14.9 Å². The second-order valence-corrected chi connectivity index (χ2v) is 4.68. The van der Waals surface area contributed by atoms with Crippen LogP contribution >= 0.6 is 11.5 Å². The zero-order valence-corrected chi connectivity index (χ0v) is 10.2. The molecule has 0 spiro atoms. The molecule has 14 heavy (non-hydrogen) atoms. The van der Waals surface area contributed by atoms with Crippen molar-refractivity contribution in [2.24, 2.45) is 5.92 Å². The third-order valence-corrected chi connectivity index (χ3v) is 3.16. The van der Waals surface area contributed by atoms with Gasteiger partial charge in [0.1, 0.15) is 0 Å². The second kappa shape index (κ2) is 5.41. The van der Waals surface area contributed by atoms with Crippen molar-refractivity contribution < 1.29 is 0 Å². The van der Waals surface area contributed by atoms with E-state index >= 15 is 0 Å². The fourth-order valence-electron chi connectivity index (χ4n) is 1.45.